The fraction of sp³-hybridized carbons (Fsp3) is 0.500. The summed E-state index contributed by atoms with van der Waals surface area (Å²) in [5.41, 5.74) is 0. The molecule has 0 saturated heterocycles. The number of carbonyl (C=O) groups excluding carboxylic acids is 4. The van der Waals surface area contributed by atoms with E-state index in [1.807, 2.05) is 0 Å². The fourth-order valence-electron chi connectivity index (χ4n) is 0. The first kappa shape index (κ1) is 36.0. The van der Waals surface area contributed by atoms with Crippen molar-refractivity contribution in [3.63, 3.8) is 0 Å². The maximum Gasteiger partial charge on any atom is 2.00 e. The Labute approximate surface area is 125 Å². The molecule has 8 nitrogen and oxygen atoms in total. The zero-order valence-electron chi connectivity index (χ0n) is 9.87. The monoisotopic (exact) mass is 362 g/mol. The van der Waals surface area contributed by atoms with E-state index in [-0.39, 0.29) is 34.1 Å². The summed E-state index contributed by atoms with van der Waals surface area (Å²) in [6.07, 6.45) is 0. The predicted octanol–water partition coefficient (Wildman–Crippen LogP) is -4.98. The molecule has 10 heteroatoms. The average Bonchev–Trinajstić information content (AvgIpc) is 1.76. The van der Waals surface area contributed by atoms with Crippen LogP contribution in [0.2, 0.25) is 0 Å². The van der Waals surface area contributed by atoms with Gasteiger partial charge in [0.1, 0.15) is 0 Å². The van der Waals surface area contributed by atoms with Crippen LogP contribution < -0.4 is 20.4 Å². The minimum absolute atomic E-state index is 0. The molecule has 114 valence electrons. The van der Waals surface area contributed by atoms with Crippen LogP contribution in [0.25, 0.3) is 0 Å². The van der Waals surface area contributed by atoms with Crippen LogP contribution in [0, 0.1) is 0 Å². The summed E-state index contributed by atoms with van der Waals surface area (Å²) in [5, 5.41) is 35.6. The molecule has 0 aliphatic heterocycles. The zero-order chi connectivity index (χ0) is 14.3. The fourth-order valence-corrected chi connectivity index (χ4v) is 0. The molecular weight excluding hydrogens is 351 g/mol. The van der Waals surface area contributed by atoms with E-state index in [1.54, 1.807) is 0 Å². The van der Waals surface area contributed by atoms with E-state index < -0.39 is 23.9 Å². The SMILES string of the molecule is CC(=O)[O-].CC(=O)[O-].CC(=O)[O-].CC(=O)[O-].[Cu+2].[Cu+2]. The van der Waals surface area contributed by atoms with E-state index in [9.17, 15) is 0 Å². The molecule has 0 fully saturated rings. The van der Waals surface area contributed by atoms with Crippen molar-refractivity contribution in [3.05, 3.63) is 0 Å². The second kappa shape index (κ2) is 29.7. The molecule has 0 amide bonds. The van der Waals surface area contributed by atoms with Crippen molar-refractivity contribution in [1.82, 2.24) is 0 Å². The molecule has 0 N–H and O–H groups in total. The Morgan fingerprint density at radius 2 is 0.500 bits per heavy atom. The number of carbonyl (C=O) groups is 4. The molecular formula is C8H12Cu2O8. The maximum absolute atomic E-state index is 8.89. The normalized spacial score (nSPS) is 5.56. The first-order valence-electron chi connectivity index (χ1n) is 3.63. The summed E-state index contributed by atoms with van der Waals surface area (Å²) in [6.45, 7) is 3.89. The number of hydrogen-bond donors (Lipinski definition) is 0. The van der Waals surface area contributed by atoms with E-state index in [4.69, 9.17) is 39.6 Å². The van der Waals surface area contributed by atoms with E-state index in [0.717, 1.165) is 27.7 Å². The van der Waals surface area contributed by atoms with Crippen LogP contribution in [-0.4, -0.2) is 23.9 Å². The van der Waals surface area contributed by atoms with Gasteiger partial charge in [-0.1, -0.05) is 0 Å². The summed E-state index contributed by atoms with van der Waals surface area (Å²) in [4.78, 5) is 35.6. The summed E-state index contributed by atoms with van der Waals surface area (Å²) in [6, 6.07) is 0. The first-order valence-corrected chi connectivity index (χ1v) is 3.63. The third-order valence-corrected chi connectivity index (χ3v) is 0. The Morgan fingerprint density at radius 3 is 0.500 bits per heavy atom. The second-order valence-corrected chi connectivity index (χ2v) is 1.97. The predicted molar refractivity (Wildman–Crippen MR) is 42.7 cm³/mol. The summed E-state index contributed by atoms with van der Waals surface area (Å²) in [7, 11) is 0. The Balaban J connectivity index is -0.0000000257. The van der Waals surface area contributed by atoms with Gasteiger partial charge in [0.05, 0.1) is 0 Å². The minimum Gasteiger partial charge on any atom is -0.550 e. The summed E-state index contributed by atoms with van der Waals surface area (Å²) in [5.74, 6) is -4.33. The Hall–Kier alpha value is -1.08. The molecule has 2 radical (unpaired) electrons. The molecule has 0 bridgehead atoms. The Kier molecular flexibility index (Phi) is 59.4. The van der Waals surface area contributed by atoms with E-state index in [0.29, 0.717) is 0 Å². The molecule has 0 aromatic carbocycles. The molecule has 0 atom stereocenters. The van der Waals surface area contributed by atoms with Crippen molar-refractivity contribution >= 4 is 23.9 Å². The van der Waals surface area contributed by atoms with Crippen LogP contribution in [0.5, 0.6) is 0 Å². The molecule has 0 aromatic heterocycles. The number of carboxylic acids is 4. The Bertz CT molecular complexity index is 165. The van der Waals surface area contributed by atoms with E-state index in [2.05, 4.69) is 0 Å². The van der Waals surface area contributed by atoms with Gasteiger partial charge in [-0.15, -0.1) is 0 Å². The summed E-state index contributed by atoms with van der Waals surface area (Å²) < 4.78 is 0. The van der Waals surface area contributed by atoms with Crippen molar-refractivity contribution in [3.8, 4) is 0 Å². The van der Waals surface area contributed by atoms with Gasteiger partial charge < -0.3 is 39.6 Å². The minimum atomic E-state index is -1.08. The molecule has 0 saturated carbocycles. The second-order valence-electron chi connectivity index (χ2n) is 1.97. The van der Waals surface area contributed by atoms with Crippen molar-refractivity contribution < 1.29 is 73.7 Å². The third-order valence-electron chi connectivity index (χ3n) is 0. The van der Waals surface area contributed by atoms with Crippen molar-refractivity contribution in [2.45, 2.75) is 27.7 Å². The first-order chi connectivity index (χ1) is 6.93. The van der Waals surface area contributed by atoms with Crippen LogP contribution in [0.15, 0.2) is 0 Å². The van der Waals surface area contributed by atoms with Gasteiger partial charge in [0.15, 0.2) is 0 Å². The van der Waals surface area contributed by atoms with E-state index in [1.165, 1.54) is 0 Å². The molecule has 0 unspecified atom stereocenters. The standard InChI is InChI=1S/4C2H4O2.2Cu/c4*1-2(3)4;;/h4*1H3,(H,3,4);;/q;;;;2*+2/p-4. The quantitative estimate of drug-likeness (QED) is 0.387. The van der Waals surface area contributed by atoms with Gasteiger partial charge in [-0.05, 0) is 27.7 Å². The average molecular weight is 363 g/mol. The van der Waals surface area contributed by atoms with Crippen molar-refractivity contribution in [2.75, 3.05) is 0 Å². The molecule has 0 aromatic rings. The maximum atomic E-state index is 8.89. The van der Waals surface area contributed by atoms with Crippen LogP contribution in [-0.2, 0) is 53.3 Å². The zero-order valence-corrected chi connectivity index (χ0v) is 11.8. The van der Waals surface area contributed by atoms with Crippen molar-refractivity contribution in [1.29, 1.82) is 0 Å². The molecule has 0 rings (SSSR count). The van der Waals surface area contributed by atoms with Crippen LogP contribution in [0.4, 0.5) is 0 Å². The van der Waals surface area contributed by atoms with Gasteiger partial charge in [-0.3, -0.25) is 0 Å². The van der Waals surface area contributed by atoms with Gasteiger partial charge in [0.2, 0.25) is 0 Å². The third kappa shape index (κ3) is 2470. The molecule has 0 spiro atoms. The van der Waals surface area contributed by atoms with Gasteiger partial charge in [0, 0.05) is 23.9 Å². The van der Waals surface area contributed by atoms with Gasteiger partial charge in [-0.2, -0.15) is 0 Å². The van der Waals surface area contributed by atoms with Gasteiger partial charge >= 0.3 is 34.1 Å². The van der Waals surface area contributed by atoms with Gasteiger partial charge in [-0.25, -0.2) is 0 Å². The molecule has 0 aliphatic carbocycles. The molecule has 18 heavy (non-hydrogen) atoms. The van der Waals surface area contributed by atoms with E-state index >= 15 is 0 Å². The smallest absolute Gasteiger partial charge is 0.550 e. The molecule has 0 heterocycles. The topological polar surface area (TPSA) is 161 Å². The summed E-state index contributed by atoms with van der Waals surface area (Å²) >= 11 is 0. The van der Waals surface area contributed by atoms with Crippen LogP contribution in [0.3, 0.4) is 0 Å². The number of aliphatic carboxylic acids is 4. The van der Waals surface area contributed by atoms with Crippen LogP contribution in [0.1, 0.15) is 27.7 Å². The number of carboxylic acid groups (broad SMARTS) is 4. The van der Waals surface area contributed by atoms with Crippen molar-refractivity contribution in [2.24, 2.45) is 0 Å². The van der Waals surface area contributed by atoms with Crippen LogP contribution >= 0.6 is 0 Å². The van der Waals surface area contributed by atoms with Gasteiger partial charge in [0.25, 0.3) is 0 Å². The number of hydrogen-bond acceptors (Lipinski definition) is 8. The number of rotatable bonds is 0. The largest absolute Gasteiger partial charge is 2.00 e. The molecule has 0 aliphatic rings. The Morgan fingerprint density at radius 1 is 0.500 bits per heavy atom.